The van der Waals surface area contributed by atoms with E-state index in [9.17, 15) is 13.2 Å². The van der Waals surface area contributed by atoms with E-state index in [0.717, 1.165) is 0 Å². The van der Waals surface area contributed by atoms with Gasteiger partial charge in [-0.15, -0.1) is 0 Å². The molecule has 0 aliphatic rings. The van der Waals surface area contributed by atoms with Crippen molar-refractivity contribution in [2.24, 2.45) is 0 Å². The van der Waals surface area contributed by atoms with E-state index in [0.29, 0.717) is 10.6 Å². The highest BCUT2D eigenvalue weighted by molar-refractivity contribution is 7.89. The van der Waals surface area contributed by atoms with E-state index >= 15 is 0 Å². The quantitative estimate of drug-likeness (QED) is 0.783. The van der Waals surface area contributed by atoms with Gasteiger partial charge in [-0.05, 0) is 25.0 Å². The number of benzene rings is 1. The Bertz CT molecular complexity index is 559. The van der Waals surface area contributed by atoms with Gasteiger partial charge in [0.05, 0.1) is 12.9 Å². The van der Waals surface area contributed by atoms with Crippen molar-refractivity contribution in [3.63, 3.8) is 0 Å². The van der Waals surface area contributed by atoms with Gasteiger partial charge in [0, 0.05) is 17.5 Å². The van der Waals surface area contributed by atoms with E-state index in [1.807, 2.05) is 0 Å². The summed E-state index contributed by atoms with van der Waals surface area (Å²) in [5, 5.41) is 0.511. The molecule has 1 aromatic rings. The highest BCUT2D eigenvalue weighted by atomic mass is 35.5. The number of esters is 1. The largest absolute Gasteiger partial charge is 0.469 e. The zero-order valence-electron chi connectivity index (χ0n) is 11.4. The molecule has 0 bridgehead atoms. The van der Waals surface area contributed by atoms with Crippen molar-refractivity contribution in [3.05, 3.63) is 34.9 Å². The number of methoxy groups -OCH3 is 1. The van der Waals surface area contributed by atoms with Gasteiger partial charge in [-0.1, -0.05) is 29.8 Å². The standard InChI is InChI=1S/C13H18ClNO4S/c1-10(11-6-3-4-7-12(11)14)15-20(17,18)9-5-8-13(16)19-2/h3-4,6-7,10,15H,5,8-9H2,1-2H3. The Morgan fingerprint density at radius 1 is 1.40 bits per heavy atom. The number of nitrogens with one attached hydrogen (secondary N) is 1. The first-order chi connectivity index (χ1) is 9.35. The Morgan fingerprint density at radius 3 is 2.65 bits per heavy atom. The molecule has 1 rings (SSSR count). The molecule has 1 unspecified atom stereocenters. The van der Waals surface area contributed by atoms with Crippen LogP contribution in [0.5, 0.6) is 0 Å². The van der Waals surface area contributed by atoms with Crippen LogP contribution < -0.4 is 4.72 Å². The number of carbonyl (C=O) groups excluding carboxylic acids is 1. The minimum atomic E-state index is -3.47. The smallest absolute Gasteiger partial charge is 0.305 e. The van der Waals surface area contributed by atoms with Crippen LogP contribution in [0.3, 0.4) is 0 Å². The summed E-state index contributed by atoms with van der Waals surface area (Å²) in [4.78, 5) is 10.9. The molecule has 0 amide bonds. The first-order valence-electron chi connectivity index (χ1n) is 6.17. The summed E-state index contributed by atoms with van der Waals surface area (Å²) in [6.07, 6.45) is 0.301. The summed E-state index contributed by atoms with van der Waals surface area (Å²) in [5.41, 5.74) is 0.714. The van der Waals surface area contributed by atoms with Gasteiger partial charge in [-0.25, -0.2) is 13.1 Å². The van der Waals surface area contributed by atoms with Crippen molar-refractivity contribution >= 4 is 27.6 Å². The lowest BCUT2D eigenvalue weighted by molar-refractivity contribution is -0.140. The van der Waals surface area contributed by atoms with E-state index in [1.54, 1.807) is 31.2 Å². The van der Waals surface area contributed by atoms with Crippen molar-refractivity contribution in [3.8, 4) is 0 Å². The minimum Gasteiger partial charge on any atom is -0.469 e. The van der Waals surface area contributed by atoms with Crippen molar-refractivity contribution in [1.29, 1.82) is 0 Å². The first kappa shape index (κ1) is 16.9. The van der Waals surface area contributed by atoms with E-state index < -0.39 is 22.0 Å². The maximum Gasteiger partial charge on any atom is 0.305 e. The molecule has 0 saturated heterocycles. The second-order valence-corrected chi connectivity index (χ2v) is 6.64. The number of rotatable bonds is 7. The van der Waals surface area contributed by atoms with Crippen molar-refractivity contribution < 1.29 is 17.9 Å². The van der Waals surface area contributed by atoms with Crippen LogP contribution in [0.15, 0.2) is 24.3 Å². The predicted octanol–water partition coefficient (Wildman–Crippen LogP) is 2.27. The summed E-state index contributed by atoms with van der Waals surface area (Å²) in [6, 6.07) is 6.63. The number of carbonyl (C=O) groups is 1. The molecule has 1 N–H and O–H groups in total. The zero-order valence-corrected chi connectivity index (χ0v) is 13.0. The Morgan fingerprint density at radius 2 is 2.05 bits per heavy atom. The highest BCUT2D eigenvalue weighted by Crippen LogP contribution is 2.22. The van der Waals surface area contributed by atoms with Crippen LogP contribution in [0, 0.1) is 0 Å². The third-order valence-corrected chi connectivity index (χ3v) is 4.63. The molecule has 0 aliphatic heterocycles. The van der Waals surface area contributed by atoms with Crippen LogP contribution in [-0.4, -0.2) is 27.2 Å². The molecular weight excluding hydrogens is 302 g/mol. The Labute approximate surface area is 124 Å². The fourth-order valence-corrected chi connectivity index (χ4v) is 3.33. The lowest BCUT2D eigenvalue weighted by atomic mass is 10.1. The van der Waals surface area contributed by atoms with Crippen LogP contribution in [-0.2, 0) is 19.6 Å². The van der Waals surface area contributed by atoms with Gasteiger partial charge in [0.1, 0.15) is 0 Å². The van der Waals surface area contributed by atoms with Crippen LogP contribution in [0.25, 0.3) is 0 Å². The monoisotopic (exact) mass is 319 g/mol. The molecule has 0 saturated carbocycles. The number of hydrogen-bond acceptors (Lipinski definition) is 4. The highest BCUT2D eigenvalue weighted by Gasteiger charge is 2.17. The van der Waals surface area contributed by atoms with E-state index in [1.165, 1.54) is 7.11 Å². The molecule has 5 nitrogen and oxygen atoms in total. The average molecular weight is 320 g/mol. The molecule has 0 aliphatic carbocycles. The first-order valence-corrected chi connectivity index (χ1v) is 8.20. The van der Waals surface area contributed by atoms with E-state index in [-0.39, 0.29) is 18.6 Å². The van der Waals surface area contributed by atoms with Crippen molar-refractivity contribution in [2.45, 2.75) is 25.8 Å². The molecule has 1 atom stereocenters. The Balaban J connectivity index is 2.58. The van der Waals surface area contributed by atoms with Crippen LogP contribution in [0.1, 0.15) is 31.4 Å². The number of ether oxygens (including phenoxy) is 1. The molecule has 0 radical (unpaired) electrons. The summed E-state index contributed by atoms with van der Waals surface area (Å²) in [6.45, 7) is 1.72. The predicted molar refractivity (Wildman–Crippen MR) is 78.0 cm³/mol. The van der Waals surface area contributed by atoms with E-state index in [2.05, 4.69) is 9.46 Å². The minimum absolute atomic E-state index is 0.0812. The van der Waals surface area contributed by atoms with Crippen LogP contribution in [0.4, 0.5) is 0 Å². The van der Waals surface area contributed by atoms with Crippen molar-refractivity contribution in [1.82, 2.24) is 4.72 Å². The fraction of sp³-hybridized carbons (Fsp3) is 0.462. The maximum atomic E-state index is 11.9. The number of hydrogen-bond donors (Lipinski definition) is 1. The molecule has 0 spiro atoms. The Hall–Kier alpha value is -1.11. The normalized spacial score (nSPS) is 12.9. The topological polar surface area (TPSA) is 72.5 Å². The lowest BCUT2D eigenvalue weighted by Crippen LogP contribution is -2.29. The van der Waals surface area contributed by atoms with Gasteiger partial charge in [0.25, 0.3) is 0 Å². The molecule has 1 aromatic carbocycles. The third-order valence-electron chi connectivity index (χ3n) is 2.75. The van der Waals surface area contributed by atoms with Gasteiger partial charge in [-0.2, -0.15) is 0 Å². The van der Waals surface area contributed by atoms with Gasteiger partial charge in [0.2, 0.25) is 10.0 Å². The summed E-state index contributed by atoms with van der Waals surface area (Å²) in [5.74, 6) is -0.545. The molecular formula is C13H18ClNO4S. The number of sulfonamides is 1. The molecule has 112 valence electrons. The summed E-state index contributed by atoms with van der Waals surface area (Å²) < 4.78 is 30.8. The SMILES string of the molecule is COC(=O)CCCS(=O)(=O)NC(C)c1ccccc1Cl. The average Bonchev–Trinajstić information content (AvgIpc) is 2.38. The van der Waals surface area contributed by atoms with Crippen LogP contribution >= 0.6 is 11.6 Å². The second-order valence-electron chi connectivity index (χ2n) is 4.36. The van der Waals surface area contributed by atoms with Gasteiger partial charge < -0.3 is 4.74 Å². The van der Waals surface area contributed by atoms with Crippen molar-refractivity contribution in [2.75, 3.05) is 12.9 Å². The maximum absolute atomic E-state index is 11.9. The third kappa shape index (κ3) is 5.48. The molecule has 0 fully saturated rings. The van der Waals surface area contributed by atoms with Crippen LogP contribution in [0.2, 0.25) is 5.02 Å². The zero-order chi connectivity index (χ0) is 15.2. The second kappa shape index (κ2) is 7.61. The fourth-order valence-electron chi connectivity index (χ4n) is 1.73. The van der Waals surface area contributed by atoms with Gasteiger partial charge >= 0.3 is 5.97 Å². The van der Waals surface area contributed by atoms with Gasteiger partial charge in [0.15, 0.2) is 0 Å². The molecule has 7 heteroatoms. The summed E-state index contributed by atoms with van der Waals surface area (Å²) in [7, 11) is -2.19. The molecule has 0 aromatic heterocycles. The lowest BCUT2D eigenvalue weighted by Gasteiger charge is -2.15. The molecule has 0 heterocycles. The Kier molecular flexibility index (Phi) is 6.45. The van der Waals surface area contributed by atoms with E-state index in [4.69, 9.17) is 11.6 Å². The van der Waals surface area contributed by atoms with Gasteiger partial charge in [-0.3, -0.25) is 4.79 Å². The number of halogens is 1. The molecule has 20 heavy (non-hydrogen) atoms. The summed E-state index contributed by atoms with van der Waals surface area (Å²) >= 11 is 6.02.